The van der Waals surface area contributed by atoms with Crippen molar-refractivity contribution in [2.24, 2.45) is 22.7 Å². The van der Waals surface area contributed by atoms with Gasteiger partial charge in [-0.2, -0.15) is 0 Å². The number of aliphatic hydroxyl groups is 1. The number of alkyl carbamates (subject to hydrolysis) is 1. The monoisotopic (exact) mass is 907 g/mol. The van der Waals surface area contributed by atoms with Crippen molar-refractivity contribution in [1.82, 2.24) is 10.2 Å². The first kappa shape index (κ1) is 49.8. The van der Waals surface area contributed by atoms with Gasteiger partial charge >= 0.3 is 18.2 Å². The molecule has 1 aromatic carbocycles. The van der Waals surface area contributed by atoms with Crippen LogP contribution in [0.3, 0.4) is 0 Å². The molecule has 0 spiro atoms. The van der Waals surface area contributed by atoms with Crippen LogP contribution < -0.4 is 5.32 Å². The number of carbonyl (C=O) groups is 3. The Morgan fingerprint density at radius 3 is 2.30 bits per heavy atom. The van der Waals surface area contributed by atoms with Crippen molar-refractivity contribution in [2.45, 2.75) is 192 Å². The third-order valence-corrected chi connectivity index (χ3v) is 13.9. The molecule has 18 atom stereocenters. The van der Waals surface area contributed by atoms with Crippen LogP contribution in [0.2, 0.25) is 0 Å². The highest BCUT2D eigenvalue weighted by molar-refractivity contribution is 5.81. The first-order chi connectivity index (χ1) is 30.0. The summed E-state index contributed by atoms with van der Waals surface area (Å²) in [4.78, 5) is 47.6. The largest absolute Gasteiger partial charge is 0.509 e. The number of cyclic esters (lactones) is 1. The lowest BCUT2D eigenvalue weighted by Gasteiger charge is -2.49. The number of ether oxygens (including phenoxy) is 10. The standard InChI is InChI=1S/C46H70FN3O14/c1-14-32-46(10)37(62-43(54)64-46)27(6)49-39-23(2)20-45(9,63-39)36(60-41-34(51)31(50(11)12)19-24(3)56-41)25(4)35(26(5)40(52)58-32)59-33-21-44(8,55-13)38(28(7)57-33)61-42(53)48-22-29-15-17-30(47)18-16-29/h15-18,23-28,31-38,41,51H,14,19-22H2,1-13H3,(H,48,53)/t23-,24-,25+,26-,27-,28+,31+,32-,33+,34-,35+,36-,37-,38+,41+,44-,45+,46+/m1/s1. The second kappa shape index (κ2) is 19.7. The molecule has 4 fully saturated rings. The Kier molecular flexibility index (Phi) is 15.3. The van der Waals surface area contributed by atoms with Crippen molar-refractivity contribution in [2.75, 3.05) is 21.2 Å². The quantitative estimate of drug-likeness (QED) is 0.216. The van der Waals surface area contributed by atoms with Crippen LogP contribution in [0.15, 0.2) is 29.3 Å². The number of benzene rings is 1. The van der Waals surface area contributed by atoms with E-state index in [1.54, 1.807) is 46.8 Å². The smallest absolute Gasteiger partial charge is 0.472 e. The predicted molar refractivity (Wildman–Crippen MR) is 228 cm³/mol. The topological polar surface area (TPSA) is 191 Å². The highest BCUT2D eigenvalue weighted by Crippen LogP contribution is 2.45. The van der Waals surface area contributed by atoms with Gasteiger partial charge in [-0.15, -0.1) is 0 Å². The zero-order valence-electron chi connectivity index (χ0n) is 39.5. The molecule has 64 heavy (non-hydrogen) atoms. The highest BCUT2D eigenvalue weighted by atomic mass is 19.1. The van der Waals surface area contributed by atoms with Crippen LogP contribution in [0.1, 0.15) is 100 Å². The van der Waals surface area contributed by atoms with Gasteiger partial charge in [0.2, 0.25) is 0 Å². The zero-order chi connectivity index (χ0) is 47.1. The fraction of sp³-hybridized carbons (Fsp3) is 0.783. The number of hydrogen-bond donors (Lipinski definition) is 2. The van der Waals surface area contributed by atoms with Gasteiger partial charge in [-0.3, -0.25) is 4.79 Å². The Morgan fingerprint density at radius 2 is 1.66 bits per heavy atom. The van der Waals surface area contributed by atoms with E-state index in [9.17, 15) is 23.9 Å². The summed E-state index contributed by atoms with van der Waals surface area (Å²) in [6.07, 6.45) is -9.13. The number of nitrogens with one attached hydrogen (secondary N) is 1. The van der Waals surface area contributed by atoms with E-state index in [-0.39, 0.29) is 43.3 Å². The molecule has 0 saturated carbocycles. The number of methoxy groups -OCH3 is 1. The average molecular weight is 908 g/mol. The SMILES string of the molecule is CC[C@H]1OC(=O)[C@H](C)[C@@H](O[C@H]2C[C@@](C)(OC)[C@@H](OC(=O)NCc3ccc(F)cc3)[C@H](C)O2)[C@H](C)[C@@H](O[C@@H]2O[C@H](C)C[C@H](N(C)C)[C@H]2O)[C@]2(C)C[C@@H](C)C(=N[C@H](C)[C@H]3OC(=O)O[C@]31C)O2. The molecule has 5 heterocycles. The van der Waals surface area contributed by atoms with Crippen molar-refractivity contribution in [1.29, 1.82) is 0 Å². The summed E-state index contributed by atoms with van der Waals surface area (Å²) in [6, 6.07) is 4.81. The number of esters is 1. The number of fused-ring (bicyclic) bond motifs is 3. The van der Waals surface area contributed by atoms with Gasteiger partial charge in [-0.1, -0.05) is 32.9 Å². The van der Waals surface area contributed by atoms with E-state index >= 15 is 0 Å². The number of rotatable bonds is 10. The molecule has 0 radical (unpaired) electrons. The molecule has 5 aliphatic heterocycles. The Morgan fingerprint density at radius 1 is 0.969 bits per heavy atom. The van der Waals surface area contributed by atoms with Crippen LogP contribution in [0.5, 0.6) is 0 Å². The minimum absolute atomic E-state index is 0.0663. The normalized spacial score (nSPS) is 42.9. The Bertz CT molecular complexity index is 1840. The first-order valence-electron chi connectivity index (χ1n) is 22.6. The molecule has 1 amide bonds. The van der Waals surface area contributed by atoms with Gasteiger partial charge in [0.05, 0.1) is 30.3 Å². The molecule has 360 valence electrons. The molecular weight excluding hydrogens is 838 g/mol. The minimum atomic E-state index is -1.40. The molecule has 5 aliphatic rings. The van der Waals surface area contributed by atoms with Gasteiger partial charge in [0, 0.05) is 44.4 Å². The number of likely N-dealkylation sites (N-methyl/N-ethyl adjacent to an activating group) is 1. The summed E-state index contributed by atoms with van der Waals surface area (Å²) in [5.74, 6) is -2.53. The molecule has 6 rings (SSSR count). The lowest BCUT2D eigenvalue weighted by Crippen LogP contribution is -2.61. The van der Waals surface area contributed by atoms with Gasteiger partial charge in [0.25, 0.3) is 0 Å². The molecule has 0 aliphatic carbocycles. The molecule has 2 N–H and O–H groups in total. The zero-order valence-corrected chi connectivity index (χ0v) is 39.5. The van der Waals surface area contributed by atoms with Crippen molar-refractivity contribution in [3.8, 4) is 0 Å². The van der Waals surface area contributed by atoms with E-state index in [4.69, 9.17) is 52.4 Å². The minimum Gasteiger partial charge on any atom is -0.472 e. The fourth-order valence-corrected chi connectivity index (χ4v) is 10.4. The van der Waals surface area contributed by atoms with Gasteiger partial charge in [0.1, 0.15) is 35.3 Å². The van der Waals surface area contributed by atoms with Gasteiger partial charge in [-0.05, 0) is 93.1 Å². The highest BCUT2D eigenvalue weighted by Gasteiger charge is 2.59. The molecule has 0 aromatic heterocycles. The maximum atomic E-state index is 14.6. The van der Waals surface area contributed by atoms with E-state index in [1.165, 1.54) is 19.2 Å². The van der Waals surface area contributed by atoms with Crippen molar-refractivity contribution < 1.29 is 71.2 Å². The summed E-state index contributed by atoms with van der Waals surface area (Å²) in [6.45, 7) is 18.4. The van der Waals surface area contributed by atoms with E-state index in [0.29, 0.717) is 24.3 Å². The van der Waals surface area contributed by atoms with E-state index in [1.807, 2.05) is 53.6 Å². The maximum Gasteiger partial charge on any atom is 0.509 e. The fourth-order valence-electron chi connectivity index (χ4n) is 10.4. The number of halogens is 1. The lowest BCUT2D eigenvalue weighted by molar-refractivity contribution is -0.315. The number of amides is 1. The number of carbonyl (C=O) groups excluding carboxylic acids is 3. The summed E-state index contributed by atoms with van der Waals surface area (Å²) < 4.78 is 76.9. The Labute approximate surface area is 376 Å². The van der Waals surface area contributed by atoms with E-state index in [0.717, 1.165) is 0 Å². The number of aliphatic imine (C=N–C) groups is 1. The van der Waals surface area contributed by atoms with Gasteiger partial charge in [0.15, 0.2) is 36.3 Å². The summed E-state index contributed by atoms with van der Waals surface area (Å²) in [7, 11) is 5.30. The third kappa shape index (κ3) is 10.3. The third-order valence-electron chi connectivity index (χ3n) is 13.9. The summed E-state index contributed by atoms with van der Waals surface area (Å²) in [5, 5.41) is 14.5. The number of aliphatic hydroxyl groups excluding tert-OH is 1. The molecule has 0 unspecified atom stereocenters. The van der Waals surface area contributed by atoms with Crippen LogP contribution in [0.4, 0.5) is 14.0 Å². The summed E-state index contributed by atoms with van der Waals surface area (Å²) >= 11 is 0. The lowest BCUT2D eigenvalue weighted by atomic mass is 9.79. The predicted octanol–water partition coefficient (Wildman–Crippen LogP) is 5.66. The molecule has 17 nitrogen and oxygen atoms in total. The Balaban J connectivity index is 1.35. The van der Waals surface area contributed by atoms with Crippen molar-refractivity contribution >= 4 is 24.1 Å². The first-order valence-corrected chi connectivity index (χ1v) is 22.6. The number of hydrogen-bond acceptors (Lipinski definition) is 16. The van der Waals surface area contributed by atoms with Crippen LogP contribution in [0, 0.1) is 23.6 Å². The maximum absolute atomic E-state index is 14.6. The second-order valence-electron chi connectivity index (χ2n) is 19.3. The molecule has 18 heteroatoms. The van der Waals surface area contributed by atoms with Gasteiger partial charge in [-0.25, -0.2) is 19.0 Å². The summed E-state index contributed by atoms with van der Waals surface area (Å²) in [5.41, 5.74) is -2.98. The van der Waals surface area contributed by atoms with Crippen LogP contribution in [-0.2, 0) is 58.7 Å². The average Bonchev–Trinajstić information content (AvgIpc) is 3.71. The Hall–Kier alpha value is -3.65. The van der Waals surface area contributed by atoms with E-state index in [2.05, 4.69) is 5.32 Å². The van der Waals surface area contributed by atoms with Gasteiger partial charge < -0.3 is 62.7 Å². The van der Waals surface area contributed by atoms with Crippen LogP contribution in [0.25, 0.3) is 0 Å². The molecular formula is C46H70FN3O14. The van der Waals surface area contributed by atoms with Crippen LogP contribution in [-0.4, -0.2) is 146 Å². The molecule has 2 bridgehead atoms. The van der Waals surface area contributed by atoms with Crippen LogP contribution >= 0.6 is 0 Å². The van der Waals surface area contributed by atoms with Crippen molar-refractivity contribution in [3.05, 3.63) is 35.6 Å². The number of nitrogens with zero attached hydrogens (tertiary/aromatic N) is 2. The second-order valence-corrected chi connectivity index (χ2v) is 19.3. The molecule has 1 aromatic rings. The van der Waals surface area contributed by atoms with Crippen molar-refractivity contribution in [3.63, 3.8) is 0 Å². The van der Waals surface area contributed by atoms with E-state index < -0.39 is 108 Å². The molecule has 4 saturated heterocycles.